The second-order valence-corrected chi connectivity index (χ2v) is 4.37. The van der Waals surface area contributed by atoms with E-state index >= 15 is 0 Å². The van der Waals surface area contributed by atoms with Gasteiger partial charge >= 0.3 is 5.69 Å². The Labute approximate surface area is 119 Å². The molecule has 2 rings (SSSR count). The van der Waals surface area contributed by atoms with Crippen molar-refractivity contribution in [2.24, 2.45) is 0 Å². The van der Waals surface area contributed by atoms with Crippen molar-refractivity contribution in [3.05, 3.63) is 57.4 Å². The molecule has 0 fully saturated rings. The molecule has 5 nitrogen and oxygen atoms in total. The van der Waals surface area contributed by atoms with Crippen LogP contribution in [0.2, 0.25) is 5.02 Å². The number of nitro benzene ring substituents is 1. The second-order valence-electron chi connectivity index (χ2n) is 3.96. The van der Waals surface area contributed by atoms with E-state index in [1.165, 1.54) is 12.1 Å². The van der Waals surface area contributed by atoms with E-state index in [9.17, 15) is 14.5 Å². The molecule has 0 saturated heterocycles. The highest BCUT2D eigenvalue weighted by Crippen LogP contribution is 2.36. The molecule has 0 spiro atoms. The van der Waals surface area contributed by atoms with Crippen LogP contribution in [0.1, 0.15) is 0 Å². The largest absolute Gasteiger partial charge is 0.382 e. The van der Waals surface area contributed by atoms with Crippen LogP contribution in [0.25, 0.3) is 0 Å². The Bertz CT molecular complexity index is 664. The minimum atomic E-state index is -0.494. The summed E-state index contributed by atoms with van der Waals surface area (Å²) in [5, 5.41) is 16.9. The van der Waals surface area contributed by atoms with Gasteiger partial charge < -0.3 is 10.6 Å². The molecule has 2 aromatic rings. The van der Waals surface area contributed by atoms with Crippen LogP contribution >= 0.6 is 11.6 Å². The Hall–Kier alpha value is -2.34. The minimum absolute atomic E-state index is 0.101. The van der Waals surface area contributed by atoms with Crippen molar-refractivity contribution < 1.29 is 9.31 Å². The lowest BCUT2D eigenvalue weighted by Crippen LogP contribution is -2.01. The zero-order chi connectivity index (χ0) is 14.7. The highest BCUT2D eigenvalue weighted by atomic mass is 35.5. The van der Waals surface area contributed by atoms with Crippen LogP contribution in [-0.2, 0) is 0 Å². The third-order valence-corrected chi connectivity index (χ3v) is 3.00. The number of rotatable bonds is 4. The summed E-state index contributed by atoms with van der Waals surface area (Å²) in [6, 6.07) is 8.60. The lowest BCUT2D eigenvalue weighted by molar-refractivity contribution is -0.383. The van der Waals surface area contributed by atoms with E-state index < -0.39 is 10.7 Å². The van der Waals surface area contributed by atoms with Crippen LogP contribution in [0.5, 0.6) is 0 Å². The first-order chi connectivity index (χ1) is 9.52. The van der Waals surface area contributed by atoms with Crippen LogP contribution in [0.3, 0.4) is 0 Å². The van der Waals surface area contributed by atoms with Crippen LogP contribution in [-0.4, -0.2) is 12.0 Å². The molecule has 0 heterocycles. The van der Waals surface area contributed by atoms with Gasteiger partial charge in [-0.15, -0.1) is 0 Å². The molecule has 0 unspecified atom stereocenters. The minimum Gasteiger partial charge on any atom is -0.382 e. The molecule has 0 aliphatic heterocycles. The Morgan fingerprint density at radius 3 is 2.50 bits per heavy atom. The molecule has 2 N–H and O–H groups in total. The molecule has 7 heteroatoms. The average molecular weight is 296 g/mol. The first kappa shape index (κ1) is 14.1. The summed E-state index contributed by atoms with van der Waals surface area (Å²) < 4.78 is 13.0. The molecule has 0 atom stereocenters. The molecule has 0 aromatic heterocycles. The topological polar surface area (TPSA) is 67.2 Å². The molecule has 0 radical (unpaired) electrons. The van der Waals surface area contributed by atoms with Crippen molar-refractivity contribution in [3.8, 4) is 0 Å². The van der Waals surface area contributed by atoms with Crippen molar-refractivity contribution in [3.63, 3.8) is 0 Å². The van der Waals surface area contributed by atoms with E-state index in [0.717, 1.165) is 6.07 Å². The Morgan fingerprint density at radius 1 is 1.20 bits per heavy atom. The maximum absolute atomic E-state index is 13.0. The normalized spacial score (nSPS) is 10.2. The van der Waals surface area contributed by atoms with Crippen LogP contribution in [0.15, 0.2) is 36.4 Å². The van der Waals surface area contributed by atoms with Crippen molar-refractivity contribution in [2.45, 2.75) is 0 Å². The monoisotopic (exact) mass is 295 g/mol. The van der Waals surface area contributed by atoms with Gasteiger partial charge in [0.2, 0.25) is 0 Å². The van der Waals surface area contributed by atoms with E-state index in [4.69, 9.17) is 11.6 Å². The average Bonchev–Trinajstić information content (AvgIpc) is 2.41. The number of nitrogens with zero attached hydrogens (tertiary/aromatic N) is 1. The smallest absolute Gasteiger partial charge is 0.315 e. The molecule has 20 heavy (non-hydrogen) atoms. The highest BCUT2D eigenvalue weighted by Gasteiger charge is 2.19. The lowest BCUT2D eigenvalue weighted by atomic mass is 10.2. The van der Waals surface area contributed by atoms with Crippen LogP contribution in [0.4, 0.5) is 27.1 Å². The zero-order valence-electron chi connectivity index (χ0n) is 10.5. The summed E-state index contributed by atoms with van der Waals surface area (Å²) in [4.78, 5) is 10.7. The van der Waals surface area contributed by atoms with Gasteiger partial charge in [0.1, 0.15) is 17.2 Å². The number of hydrogen-bond acceptors (Lipinski definition) is 4. The van der Waals surface area contributed by atoms with E-state index in [0.29, 0.717) is 11.4 Å². The van der Waals surface area contributed by atoms with Gasteiger partial charge in [0, 0.05) is 7.05 Å². The molecule has 104 valence electrons. The third kappa shape index (κ3) is 2.80. The van der Waals surface area contributed by atoms with Gasteiger partial charge in [0.05, 0.1) is 15.6 Å². The van der Waals surface area contributed by atoms with Crippen molar-refractivity contribution in [1.82, 2.24) is 0 Å². The quantitative estimate of drug-likeness (QED) is 0.656. The van der Waals surface area contributed by atoms with E-state index in [2.05, 4.69) is 10.6 Å². The van der Waals surface area contributed by atoms with E-state index in [-0.39, 0.29) is 16.4 Å². The highest BCUT2D eigenvalue weighted by molar-refractivity contribution is 6.33. The maximum Gasteiger partial charge on any atom is 0.315 e. The number of nitro groups is 1. The molecule has 2 aromatic carbocycles. The van der Waals surface area contributed by atoms with Crippen molar-refractivity contribution in [1.29, 1.82) is 0 Å². The van der Waals surface area contributed by atoms with Gasteiger partial charge in [-0.2, -0.15) is 0 Å². The summed E-state index contributed by atoms with van der Waals surface area (Å²) in [6.45, 7) is 0. The number of anilines is 3. The molecule has 0 bridgehead atoms. The Kier molecular flexibility index (Phi) is 4.05. The van der Waals surface area contributed by atoms with Gasteiger partial charge in [-0.25, -0.2) is 4.39 Å². The Morgan fingerprint density at radius 2 is 1.90 bits per heavy atom. The Balaban J connectivity index is 2.45. The molecule has 0 saturated carbocycles. The van der Waals surface area contributed by atoms with E-state index in [1.807, 2.05) is 0 Å². The summed E-state index contributed by atoms with van der Waals surface area (Å²) in [6.07, 6.45) is 0. The molecular weight excluding hydrogens is 285 g/mol. The number of benzene rings is 2. The van der Waals surface area contributed by atoms with Crippen molar-refractivity contribution >= 4 is 34.4 Å². The predicted octanol–water partition coefficient (Wildman–Crippen LogP) is 4.17. The first-order valence-electron chi connectivity index (χ1n) is 5.70. The number of hydrogen-bond donors (Lipinski definition) is 2. The fraction of sp³-hybridized carbons (Fsp3) is 0.0769. The second kappa shape index (κ2) is 5.75. The van der Waals surface area contributed by atoms with Gasteiger partial charge in [-0.1, -0.05) is 17.7 Å². The number of nitrogens with one attached hydrogen (secondary N) is 2. The first-order valence-corrected chi connectivity index (χ1v) is 6.08. The third-order valence-electron chi connectivity index (χ3n) is 2.69. The summed E-state index contributed by atoms with van der Waals surface area (Å²) in [7, 11) is 1.59. The fourth-order valence-electron chi connectivity index (χ4n) is 1.78. The molecule has 0 aliphatic rings. The summed E-state index contributed by atoms with van der Waals surface area (Å²) in [5.74, 6) is -0.473. The van der Waals surface area contributed by atoms with Gasteiger partial charge in [-0.3, -0.25) is 10.1 Å². The number of para-hydroxylation sites is 1. The van der Waals surface area contributed by atoms with Gasteiger partial charge in [-0.05, 0) is 30.3 Å². The molecule has 0 amide bonds. The maximum atomic E-state index is 13.0. The molecular formula is C13H11ClFN3O2. The molecule has 0 aliphatic carbocycles. The summed E-state index contributed by atoms with van der Waals surface area (Å²) >= 11 is 5.90. The van der Waals surface area contributed by atoms with E-state index in [1.54, 1.807) is 25.2 Å². The summed E-state index contributed by atoms with van der Waals surface area (Å²) in [5.41, 5.74) is 0.938. The van der Waals surface area contributed by atoms with Gasteiger partial charge in [0.15, 0.2) is 0 Å². The predicted molar refractivity (Wildman–Crippen MR) is 77.3 cm³/mol. The van der Waals surface area contributed by atoms with Crippen LogP contribution in [0, 0.1) is 15.9 Å². The zero-order valence-corrected chi connectivity index (χ0v) is 11.2. The fourth-order valence-corrected chi connectivity index (χ4v) is 1.99. The lowest BCUT2D eigenvalue weighted by Gasteiger charge is -2.11. The van der Waals surface area contributed by atoms with Crippen molar-refractivity contribution in [2.75, 3.05) is 17.7 Å². The SMILES string of the molecule is CNc1cccc(Nc2ccc(F)cc2Cl)c1[N+](=O)[O-]. The standard InChI is InChI=1S/C13H11ClFN3O2/c1-16-11-3-2-4-12(13(11)18(19)20)17-10-6-5-8(15)7-9(10)14/h2-7,16-17H,1H3. The number of halogens is 2. The van der Waals surface area contributed by atoms with Gasteiger partial charge in [0.25, 0.3) is 0 Å². The van der Waals surface area contributed by atoms with Crippen LogP contribution < -0.4 is 10.6 Å².